The van der Waals surface area contributed by atoms with Gasteiger partial charge in [0.1, 0.15) is 0 Å². The van der Waals surface area contributed by atoms with Crippen LogP contribution in [0.1, 0.15) is 89.9 Å². The highest BCUT2D eigenvalue weighted by Gasteiger charge is 2.08. The van der Waals surface area contributed by atoms with E-state index in [0.717, 1.165) is 19.4 Å². The lowest BCUT2D eigenvalue weighted by Gasteiger charge is -2.19. The highest BCUT2D eigenvalue weighted by molar-refractivity contribution is 5.73. The molecule has 20 heavy (non-hydrogen) atoms. The predicted molar refractivity (Wildman–Crippen MR) is 85.6 cm³/mol. The lowest BCUT2D eigenvalue weighted by molar-refractivity contribution is -0.118. The second-order valence-electron chi connectivity index (χ2n) is 6.33. The minimum atomic E-state index is -0.170. The summed E-state index contributed by atoms with van der Waals surface area (Å²) in [5.74, 6) is -0.170. The number of nitrogens with two attached hydrogens (primary N) is 1. The molecule has 0 aromatic heterocycles. The predicted octanol–water partition coefficient (Wildman–Crippen LogP) is 3.90. The standard InChI is InChI=1S/C17H34N2O/c18-17(20)14-10-11-15-19-16-12-8-6-4-2-1-3-5-7-9-13-16/h16,19H,1-15H2,(H2,18,20). The minimum absolute atomic E-state index is 0.170. The maximum atomic E-state index is 10.7. The Morgan fingerprint density at radius 3 is 1.85 bits per heavy atom. The van der Waals surface area contributed by atoms with Gasteiger partial charge in [-0.1, -0.05) is 57.8 Å². The van der Waals surface area contributed by atoms with Crippen molar-refractivity contribution in [2.24, 2.45) is 5.73 Å². The lowest BCUT2D eigenvalue weighted by Crippen LogP contribution is -2.30. The smallest absolute Gasteiger partial charge is 0.217 e. The van der Waals surface area contributed by atoms with E-state index in [4.69, 9.17) is 5.73 Å². The Hall–Kier alpha value is -0.570. The molecule has 118 valence electrons. The van der Waals surface area contributed by atoms with Gasteiger partial charge in [0, 0.05) is 12.5 Å². The number of rotatable bonds is 6. The number of unbranched alkanes of at least 4 members (excludes halogenated alkanes) is 1. The van der Waals surface area contributed by atoms with Gasteiger partial charge in [-0.25, -0.2) is 0 Å². The Morgan fingerprint density at radius 1 is 0.850 bits per heavy atom. The van der Waals surface area contributed by atoms with Crippen LogP contribution >= 0.6 is 0 Å². The summed E-state index contributed by atoms with van der Waals surface area (Å²) in [5.41, 5.74) is 5.16. The van der Waals surface area contributed by atoms with Gasteiger partial charge in [-0.2, -0.15) is 0 Å². The number of amides is 1. The van der Waals surface area contributed by atoms with Crippen molar-refractivity contribution < 1.29 is 4.79 Å². The van der Waals surface area contributed by atoms with Crippen molar-refractivity contribution >= 4 is 5.91 Å². The Labute approximate surface area is 125 Å². The summed E-state index contributed by atoms with van der Waals surface area (Å²) >= 11 is 0. The number of nitrogens with one attached hydrogen (secondary N) is 1. The zero-order valence-electron chi connectivity index (χ0n) is 13.2. The first-order valence-electron chi connectivity index (χ1n) is 8.81. The highest BCUT2D eigenvalue weighted by Crippen LogP contribution is 2.17. The minimum Gasteiger partial charge on any atom is -0.370 e. The van der Waals surface area contributed by atoms with Crippen LogP contribution in [0.3, 0.4) is 0 Å². The molecule has 0 heterocycles. The summed E-state index contributed by atoms with van der Waals surface area (Å²) in [4.78, 5) is 10.7. The van der Waals surface area contributed by atoms with Crippen molar-refractivity contribution in [3.05, 3.63) is 0 Å². The number of carbonyl (C=O) groups is 1. The quantitative estimate of drug-likeness (QED) is 0.726. The molecule has 1 fully saturated rings. The molecule has 1 rings (SSSR count). The summed E-state index contributed by atoms with van der Waals surface area (Å²) in [6, 6.07) is 0.697. The second kappa shape index (κ2) is 12.2. The van der Waals surface area contributed by atoms with Crippen LogP contribution in [-0.2, 0) is 4.79 Å². The zero-order chi connectivity index (χ0) is 14.5. The van der Waals surface area contributed by atoms with Gasteiger partial charge >= 0.3 is 0 Å². The van der Waals surface area contributed by atoms with E-state index in [-0.39, 0.29) is 5.91 Å². The summed E-state index contributed by atoms with van der Waals surface area (Å²) in [6.07, 6.45) is 17.9. The maximum Gasteiger partial charge on any atom is 0.217 e. The van der Waals surface area contributed by atoms with E-state index >= 15 is 0 Å². The number of carbonyl (C=O) groups excluding carboxylic acids is 1. The first-order valence-corrected chi connectivity index (χ1v) is 8.81. The third kappa shape index (κ3) is 10.2. The molecule has 1 aliphatic carbocycles. The van der Waals surface area contributed by atoms with Crippen LogP contribution in [0.2, 0.25) is 0 Å². The van der Waals surface area contributed by atoms with E-state index < -0.39 is 0 Å². The molecule has 0 unspecified atom stereocenters. The van der Waals surface area contributed by atoms with E-state index in [1.54, 1.807) is 0 Å². The van der Waals surface area contributed by atoms with Gasteiger partial charge < -0.3 is 11.1 Å². The Bertz CT molecular complexity index is 231. The average Bonchev–Trinajstić information content (AvgIpc) is 2.40. The van der Waals surface area contributed by atoms with Crippen molar-refractivity contribution in [1.82, 2.24) is 5.32 Å². The van der Waals surface area contributed by atoms with Crippen molar-refractivity contribution in [1.29, 1.82) is 0 Å². The molecule has 0 bridgehead atoms. The fourth-order valence-electron chi connectivity index (χ4n) is 3.10. The highest BCUT2D eigenvalue weighted by atomic mass is 16.1. The summed E-state index contributed by atoms with van der Waals surface area (Å²) in [6.45, 7) is 1.04. The van der Waals surface area contributed by atoms with E-state index in [0.29, 0.717) is 12.5 Å². The van der Waals surface area contributed by atoms with Crippen molar-refractivity contribution in [2.45, 2.75) is 95.9 Å². The van der Waals surface area contributed by atoms with Gasteiger partial charge in [-0.3, -0.25) is 4.79 Å². The third-order valence-corrected chi connectivity index (χ3v) is 4.39. The van der Waals surface area contributed by atoms with Crippen LogP contribution < -0.4 is 11.1 Å². The lowest BCUT2D eigenvalue weighted by atomic mass is 9.98. The van der Waals surface area contributed by atoms with E-state index in [9.17, 15) is 4.79 Å². The molecule has 1 saturated carbocycles. The molecular weight excluding hydrogens is 248 g/mol. The van der Waals surface area contributed by atoms with Gasteiger partial charge in [0.15, 0.2) is 0 Å². The molecule has 0 atom stereocenters. The molecule has 0 spiro atoms. The molecule has 0 saturated heterocycles. The molecule has 1 amide bonds. The molecule has 3 N–H and O–H groups in total. The Balaban J connectivity index is 2.13. The van der Waals surface area contributed by atoms with Crippen LogP contribution in [-0.4, -0.2) is 18.5 Å². The topological polar surface area (TPSA) is 55.1 Å². The van der Waals surface area contributed by atoms with Gasteiger partial charge in [-0.05, 0) is 32.2 Å². The van der Waals surface area contributed by atoms with Crippen molar-refractivity contribution in [2.75, 3.05) is 6.54 Å². The first-order chi connectivity index (χ1) is 9.79. The van der Waals surface area contributed by atoms with Crippen LogP contribution in [0, 0.1) is 0 Å². The van der Waals surface area contributed by atoms with Crippen LogP contribution in [0.25, 0.3) is 0 Å². The Morgan fingerprint density at radius 2 is 1.35 bits per heavy atom. The Kier molecular flexibility index (Phi) is 10.7. The van der Waals surface area contributed by atoms with E-state index in [1.165, 1.54) is 70.6 Å². The monoisotopic (exact) mass is 282 g/mol. The van der Waals surface area contributed by atoms with Crippen LogP contribution in [0.4, 0.5) is 0 Å². The maximum absolute atomic E-state index is 10.7. The van der Waals surface area contributed by atoms with Crippen molar-refractivity contribution in [3.8, 4) is 0 Å². The summed E-state index contributed by atoms with van der Waals surface area (Å²) in [5, 5.41) is 3.70. The van der Waals surface area contributed by atoms with Gasteiger partial charge in [0.2, 0.25) is 5.91 Å². The van der Waals surface area contributed by atoms with Gasteiger partial charge in [0.05, 0.1) is 0 Å². The summed E-state index contributed by atoms with van der Waals surface area (Å²) in [7, 11) is 0. The van der Waals surface area contributed by atoms with Crippen molar-refractivity contribution in [3.63, 3.8) is 0 Å². The molecule has 3 nitrogen and oxygen atoms in total. The number of hydrogen-bond donors (Lipinski definition) is 2. The van der Waals surface area contributed by atoms with Crippen LogP contribution in [0.5, 0.6) is 0 Å². The molecule has 1 aliphatic rings. The normalized spacial score (nSPS) is 20.0. The second-order valence-corrected chi connectivity index (χ2v) is 6.33. The molecule has 0 aliphatic heterocycles. The number of primary amides is 1. The SMILES string of the molecule is NC(=O)CCCCNC1CCCCCCCCCCC1. The van der Waals surface area contributed by atoms with Gasteiger partial charge in [-0.15, -0.1) is 0 Å². The summed E-state index contributed by atoms with van der Waals surface area (Å²) < 4.78 is 0. The van der Waals surface area contributed by atoms with Gasteiger partial charge in [0.25, 0.3) is 0 Å². The van der Waals surface area contributed by atoms with Crippen LogP contribution in [0.15, 0.2) is 0 Å². The molecule has 3 heteroatoms. The first kappa shape index (κ1) is 17.5. The number of hydrogen-bond acceptors (Lipinski definition) is 2. The van der Waals surface area contributed by atoms with E-state index in [2.05, 4.69) is 5.32 Å². The molecule has 0 radical (unpaired) electrons. The van der Waals surface area contributed by atoms with E-state index in [1.807, 2.05) is 0 Å². The third-order valence-electron chi connectivity index (χ3n) is 4.39. The largest absolute Gasteiger partial charge is 0.370 e. The fourth-order valence-corrected chi connectivity index (χ4v) is 3.10. The average molecular weight is 282 g/mol. The molecular formula is C17H34N2O. The fraction of sp³-hybridized carbons (Fsp3) is 0.941. The zero-order valence-corrected chi connectivity index (χ0v) is 13.2. The molecule has 0 aromatic carbocycles. The molecule has 0 aromatic rings.